The van der Waals surface area contributed by atoms with E-state index in [-0.39, 0.29) is 0 Å². The molecular weight excluding hydrogens is 223 g/mol. The highest BCUT2D eigenvalue weighted by atomic mass is 16.8. The van der Waals surface area contributed by atoms with E-state index >= 15 is 0 Å². The van der Waals surface area contributed by atoms with Crippen LogP contribution in [-0.4, -0.2) is 57.1 Å². The first-order valence-corrected chi connectivity index (χ1v) is 4.79. The van der Waals surface area contributed by atoms with Gasteiger partial charge in [0.05, 0.1) is 18.2 Å². The van der Waals surface area contributed by atoms with Crippen LogP contribution in [0.15, 0.2) is 0 Å². The number of aliphatic hydroxyl groups is 2. The first kappa shape index (κ1) is 11.8. The lowest BCUT2D eigenvalue weighted by atomic mass is 9.80. The molecule has 1 saturated carbocycles. The number of carboxylic acid groups (broad SMARTS) is 1. The van der Waals surface area contributed by atoms with E-state index in [1.807, 2.05) is 0 Å². The van der Waals surface area contributed by atoms with Crippen molar-refractivity contribution in [2.24, 2.45) is 0 Å². The van der Waals surface area contributed by atoms with Crippen molar-refractivity contribution < 1.29 is 39.5 Å². The van der Waals surface area contributed by atoms with Crippen molar-refractivity contribution >= 4 is 12.9 Å². The Morgan fingerprint density at radius 1 is 1.38 bits per heavy atom. The molecule has 1 aliphatic carbocycles. The summed E-state index contributed by atoms with van der Waals surface area (Å²) in [6.07, 6.45) is -4.46. The third-order valence-electron chi connectivity index (χ3n) is 2.90. The van der Waals surface area contributed by atoms with Crippen molar-refractivity contribution in [3.63, 3.8) is 0 Å². The number of rotatable bonds is 1. The summed E-state index contributed by atoms with van der Waals surface area (Å²) in [5, 5.41) is 48.0. The first-order chi connectivity index (χ1) is 7.23. The second-order valence-corrected chi connectivity index (χ2v) is 4.20. The molecule has 0 aromatic heterocycles. The molecule has 1 heterocycles. The standard InChI is InChI=1S/C7H12BO8/c9-3-1-7(12,6(10)11)2-4-5(3)16-8(13,14)15-4/h3-5,9,12-14H,1-2H2,(H,10,11)/q-1/p-1/t3-,4-,5+,7-/m1/s1. The van der Waals surface area contributed by atoms with Crippen LogP contribution in [0.25, 0.3) is 0 Å². The Morgan fingerprint density at radius 2 is 2.00 bits per heavy atom. The van der Waals surface area contributed by atoms with Gasteiger partial charge >= 0.3 is 6.96 Å². The maximum atomic E-state index is 10.7. The Kier molecular flexibility index (Phi) is 2.50. The molecule has 0 aromatic rings. The van der Waals surface area contributed by atoms with Crippen molar-refractivity contribution in [2.45, 2.75) is 36.8 Å². The minimum absolute atomic E-state index is 0.429. The molecule has 92 valence electrons. The Morgan fingerprint density at radius 3 is 2.56 bits per heavy atom. The summed E-state index contributed by atoms with van der Waals surface area (Å²) < 4.78 is 9.22. The highest BCUT2D eigenvalue weighted by molar-refractivity contribution is 6.51. The van der Waals surface area contributed by atoms with Gasteiger partial charge in [-0.2, -0.15) is 0 Å². The number of aliphatic carboxylic acids is 1. The van der Waals surface area contributed by atoms with Gasteiger partial charge in [-0.15, -0.1) is 0 Å². The van der Waals surface area contributed by atoms with Crippen LogP contribution < -0.4 is 5.11 Å². The molecule has 1 aliphatic heterocycles. The summed E-state index contributed by atoms with van der Waals surface area (Å²) in [5.74, 6) is -1.74. The average Bonchev–Trinajstić information content (AvgIpc) is 2.39. The third-order valence-corrected chi connectivity index (χ3v) is 2.90. The van der Waals surface area contributed by atoms with Crippen molar-refractivity contribution in [2.75, 3.05) is 0 Å². The van der Waals surface area contributed by atoms with Crippen LogP contribution in [0.2, 0.25) is 0 Å². The number of carboxylic acids is 1. The zero-order valence-corrected chi connectivity index (χ0v) is 8.15. The Labute approximate surface area is 90.1 Å². The van der Waals surface area contributed by atoms with Gasteiger partial charge in [-0.05, 0) is 0 Å². The average molecular weight is 234 g/mol. The number of aliphatic hydroxyl groups excluding tert-OH is 1. The third kappa shape index (κ3) is 1.81. The number of hydrogen-bond acceptors (Lipinski definition) is 8. The molecule has 0 bridgehead atoms. The topological polar surface area (TPSA) is 140 Å². The van der Waals surface area contributed by atoms with Crippen LogP contribution in [0, 0.1) is 0 Å². The smallest absolute Gasteiger partial charge is 0.527 e. The predicted molar refractivity (Wildman–Crippen MR) is 45.1 cm³/mol. The molecule has 16 heavy (non-hydrogen) atoms. The number of carbonyl (C=O) groups excluding carboxylic acids is 1. The number of carbonyl (C=O) groups is 1. The SMILES string of the molecule is O=C([O-])[C@@]1(O)C[C@@H](O)[C@@H]2O[B-](O)(O)O[C@@H]2C1. The lowest BCUT2D eigenvalue weighted by Gasteiger charge is -2.42. The van der Waals surface area contributed by atoms with E-state index in [1.165, 1.54) is 0 Å². The fourth-order valence-corrected chi connectivity index (χ4v) is 2.18. The van der Waals surface area contributed by atoms with Crippen molar-refractivity contribution in [3.05, 3.63) is 0 Å². The van der Waals surface area contributed by atoms with Gasteiger partial charge in [0, 0.05) is 18.9 Å². The van der Waals surface area contributed by atoms with Crippen molar-refractivity contribution in [1.82, 2.24) is 0 Å². The van der Waals surface area contributed by atoms with E-state index in [1.54, 1.807) is 0 Å². The van der Waals surface area contributed by atoms with Crippen LogP contribution in [-0.2, 0) is 14.1 Å². The maximum Gasteiger partial charge on any atom is 0.527 e. The maximum absolute atomic E-state index is 10.7. The Balaban J connectivity index is 2.19. The van der Waals surface area contributed by atoms with Gasteiger partial charge < -0.3 is 39.5 Å². The highest BCUT2D eigenvalue weighted by Crippen LogP contribution is 2.37. The lowest BCUT2D eigenvalue weighted by Crippen LogP contribution is -2.59. The molecule has 2 fully saturated rings. The first-order valence-electron chi connectivity index (χ1n) is 4.79. The van der Waals surface area contributed by atoms with Crippen LogP contribution in [0.1, 0.15) is 12.8 Å². The molecule has 1 saturated heterocycles. The largest absolute Gasteiger partial charge is 0.547 e. The Hall–Kier alpha value is -0.705. The molecule has 4 atom stereocenters. The monoisotopic (exact) mass is 234 g/mol. The minimum Gasteiger partial charge on any atom is -0.547 e. The second kappa shape index (κ2) is 3.39. The zero-order chi connectivity index (χ0) is 12.1. The van der Waals surface area contributed by atoms with E-state index in [9.17, 15) is 20.1 Å². The van der Waals surface area contributed by atoms with E-state index in [0.29, 0.717) is 0 Å². The fourth-order valence-electron chi connectivity index (χ4n) is 2.18. The van der Waals surface area contributed by atoms with Crippen molar-refractivity contribution in [1.29, 1.82) is 0 Å². The molecule has 9 heteroatoms. The van der Waals surface area contributed by atoms with Gasteiger partial charge in [0.1, 0.15) is 5.60 Å². The van der Waals surface area contributed by atoms with Crippen LogP contribution in [0.5, 0.6) is 0 Å². The molecule has 4 N–H and O–H groups in total. The molecule has 2 aliphatic rings. The number of fused-ring (bicyclic) bond motifs is 1. The second-order valence-electron chi connectivity index (χ2n) is 4.20. The summed E-state index contributed by atoms with van der Waals surface area (Å²) in [7, 11) is 0. The molecule has 0 unspecified atom stereocenters. The van der Waals surface area contributed by atoms with Gasteiger partial charge in [0.15, 0.2) is 0 Å². The molecule has 0 spiro atoms. The normalized spacial score (nSPS) is 46.4. The lowest BCUT2D eigenvalue weighted by molar-refractivity contribution is -0.330. The quantitative estimate of drug-likeness (QED) is 0.335. The fraction of sp³-hybridized carbons (Fsp3) is 0.857. The van der Waals surface area contributed by atoms with Crippen LogP contribution in [0.3, 0.4) is 0 Å². The van der Waals surface area contributed by atoms with E-state index in [4.69, 9.17) is 10.0 Å². The summed E-state index contributed by atoms with van der Waals surface area (Å²) in [6, 6.07) is 0. The molecule has 0 radical (unpaired) electrons. The van der Waals surface area contributed by atoms with E-state index < -0.39 is 49.7 Å². The van der Waals surface area contributed by atoms with Crippen LogP contribution >= 0.6 is 0 Å². The molecule has 0 amide bonds. The molecule has 2 rings (SSSR count). The number of hydrogen-bond donors (Lipinski definition) is 4. The summed E-state index contributed by atoms with van der Waals surface area (Å²) in [6.45, 7) is -3.51. The summed E-state index contributed by atoms with van der Waals surface area (Å²) in [5.41, 5.74) is -2.25. The van der Waals surface area contributed by atoms with E-state index in [2.05, 4.69) is 9.31 Å². The van der Waals surface area contributed by atoms with Crippen LogP contribution in [0.4, 0.5) is 0 Å². The van der Waals surface area contributed by atoms with E-state index in [0.717, 1.165) is 0 Å². The minimum atomic E-state index is -3.51. The highest BCUT2D eigenvalue weighted by Gasteiger charge is 2.52. The molecule has 0 aromatic carbocycles. The van der Waals surface area contributed by atoms with Gasteiger partial charge in [-0.1, -0.05) is 0 Å². The van der Waals surface area contributed by atoms with Crippen molar-refractivity contribution in [3.8, 4) is 0 Å². The van der Waals surface area contributed by atoms with Gasteiger partial charge in [-0.3, -0.25) is 0 Å². The molecular formula is C7H11BO8-2. The predicted octanol–water partition coefficient (Wildman–Crippen LogP) is -4.17. The van der Waals surface area contributed by atoms with Gasteiger partial charge in [0.25, 0.3) is 0 Å². The Bertz CT molecular complexity index is 320. The zero-order valence-electron chi connectivity index (χ0n) is 8.15. The summed E-state index contributed by atoms with van der Waals surface area (Å²) in [4.78, 5) is 10.7. The molecule has 8 nitrogen and oxygen atoms in total. The van der Waals surface area contributed by atoms with Gasteiger partial charge in [0.2, 0.25) is 0 Å². The van der Waals surface area contributed by atoms with Gasteiger partial charge in [-0.25, -0.2) is 0 Å². The summed E-state index contributed by atoms with van der Waals surface area (Å²) >= 11 is 0.